The van der Waals surface area contributed by atoms with Gasteiger partial charge in [-0.05, 0) is 17.7 Å². The van der Waals surface area contributed by atoms with Gasteiger partial charge in [0.1, 0.15) is 5.78 Å². The van der Waals surface area contributed by atoms with Crippen molar-refractivity contribution in [3.05, 3.63) is 34.9 Å². The van der Waals surface area contributed by atoms with Gasteiger partial charge in [0, 0.05) is 17.9 Å². The van der Waals surface area contributed by atoms with E-state index in [0.717, 1.165) is 5.56 Å². The molecule has 14 heavy (non-hydrogen) atoms. The lowest BCUT2D eigenvalue weighted by atomic mass is 10.0. The Balaban J connectivity index is 2.14. The zero-order valence-electron chi connectivity index (χ0n) is 7.70. The van der Waals surface area contributed by atoms with Crippen molar-refractivity contribution < 1.29 is 9.53 Å². The van der Waals surface area contributed by atoms with Gasteiger partial charge in [0.05, 0.1) is 12.7 Å². The van der Waals surface area contributed by atoms with E-state index in [9.17, 15) is 4.79 Å². The second-order valence-corrected chi connectivity index (χ2v) is 3.84. The molecular weight excluding hydrogens is 200 g/mol. The highest BCUT2D eigenvalue weighted by molar-refractivity contribution is 6.30. The molecule has 1 aliphatic rings. The normalized spacial score (nSPS) is 22.4. The number of ether oxygens (including phenoxy) is 1. The number of hydrogen-bond donors (Lipinski definition) is 0. The Labute approximate surface area is 87.8 Å². The first kappa shape index (κ1) is 9.69. The second-order valence-electron chi connectivity index (χ2n) is 3.40. The topological polar surface area (TPSA) is 26.3 Å². The molecule has 1 aromatic carbocycles. The third-order valence-electron chi connectivity index (χ3n) is 2.35. The van der Waals surface area contributed by atoms with Crippen molar-refractivity contribution in [2.45, 2.75) is 18.9 Å². The Bertz CT molecular complexity index is 332. The van der Waals surface area contributed by atoms with Gasteiger partial charge in [0.25, 0.3) is 0 Å². The van der Waals surface area contributed by atoms with Crippen molar-refractivity contribution in [3.63, 3.8) is 0 Å². The van der Waals surface area contributed by atoms with Gasteiger partial charge in [-0.1, -0.05) is 23.7 Å². The summed E-state index contributed by atoms with van der Waals surface area (Å²) in [5.41, 5.74) is 1.03. The van der Waals surface area contributed by atoms with E-state index in [1.165, 1.54) is 0 Å². The fraction of sp³-hybridized carbons (Fsp3) is 0.364. The molecule has 74 valence electrons. The van der Waals surface area contributed by atoms with Crippen molar-refractivity contribution in [2.24, 2.45) is 0 Å². The molecule has 2 rings (SSSR count). The molecule has 1 aromatic rings. The first-order valence-corrected chi connectivity index (χ1v) is 5.02. The molecule has 0 amide bonds. The molecule has 0 spiro atoms. The quantitative estimate of drug-likeness (QED) is 0.713. The van der Waals surface area contributed by atoms with E-state index in [4.69, 9.17) is 16.3 Å². The maximum Gasteiger partial charge on any atom is 0.138 e. The van der Waals surface area contributed by atoms with E-state index in [1.807, 2.05) is 24.3 Å². The van der Waals surface area contributed by atoms with Crippen molar-refractivity contribution in [2.75, 3.05) is 6.61 Å². The molecule has 3 heteroatoms. The Morgan fingerprint density at radius 1 is 1.29 bits per heavy atom. The van der Waals surface area contributed by atoms with Gasteiger partial charge < -0.3 is 4.74 Å². The number of Topliss-reactive ketones (excluding diaryl/α,β-unsaturated/α-hetero) is 1. The van der Waals surface area contributed by atoms with Crippen LogP contribution in [0.3, 0.4) is 0 Å². The summed E-state index contributed by atoms with van der Waals surface area (Å²) in [6.07, 6.45) is 0.958. The Morgan fingerprint density at radius 3 is 2.64 bits per heavy atom. The van der Waals surface area contributed by atoms with E-state index < -0.39 is 0 Å². The molecule has 1 saturated heterocycles. The van der Waals surface area contributed by atoms with Gasteiger partial charge in [-0.2, -0.15) is 0 Å². The number of benzene rings is 1. The van der Waals surface area contributed by atoms with E-state index >= 15 is 0 Å². The van der Waals surface area contributed by atoms with Crippen LogP contribution in [0, 0.1) is 0 Å². The Morgan fingerprint density at radius 2 is 2.00 bits per heavy atom. The van der Waals surface area contributed by atoms with Crippen LogP contribution in [0.2, 0.25) is 5.02 Å². The van der Waals surface area contributed by atoms with Crippen LogP contribution in [0.1, 0.15) is 24.5 Å². The summed E-state index contributed by atoms with van der Waals surface area (Å²) < 4.78 is 5.51. The smallest absolute Gasteiger partial charge is 0.138 e. The minimum Gasteiger partial charge on any atom is -0.373 e. The van der Waals surface area contributed by atoms with Crippen LogP contribution in [0.4, 0.5) is 0 Å². The molecular formula is C11H11ClO2. The lowest BCUT2D eigenvalue weighted by molar-refractivity contribution is -0.128. The maximum atomic E-state index is 11.2. The van der Waals surface area contributed by atoms with E-state index in [-0.39, 0.29) is 11.9 Å². The van der Waals surface area contributed by atoms with Gasteiger partial charge >= 0.3 is 0 Å². The highest BCUT2D eigenvalue weighted by atomic mass is 35.5. The van der Waals surface area contributed by atoms with Gasteiger partial charge in [0.15, 0.2) is 0 Å². The van der Waals surface area contributed by atoms with Crippen LogP contribution < -0.4 is 0 Å². The molecule has 0 radical (unpaired) electrons. The zero-order valence-corrected chi connectivity index (χ0v) is 8.46. The number of carbonyl (C=O) groups excluding carboxylic acids is 1. The fourth-order valence-corrected chi connectivity index (χ4v) is 1.70. The predicted molar refractivity (Wildman–Crippen MR) is 54.4 cm³/mol. The highest BCUT2D eigenvalue weighted by Crippen LogP contribution is 2.26. The average Bonchev–Trinajstić information content (AvgIpc) is 2.19. The van der Waals surface area contributed by atoms with Crippen molar-refractivity contribution in [3.8, 4) is 0 Å². The molecule has 2 nitrogen and oxygen atoms in total. The Hall–Kier alpha value is -0.860. The molecule has 1 unspecified atom stereocenters. The second kappa shape index (κ2) is 4.11. The molecule has 0 aromatic heterocycles. The highest BCUT2D eigenvalue weighted by Gasteiger charge is 2.21. The van der Waals surface area contributed by atoms with Gasteiger partial charge in [-0.15, -0.1) is 0 Å². The van der Waals surface area contributed by atoms with Gasteiger partial charge in [-0.3, -0.25) is 4.79 Å². The first-order valence-electron chi connectivity index (χ1n) is 4.64. The summed E-state index contributed by atoms with van der Waals surface area (Å²) in [5, 5.41) is 0.705. The summed E-state index contributed by atoms with van der Waals surface area (Å²) in [6, 6.07) is 7.45. The van der Waals surface area contributed by atoms with Gasteiger partial charge in [0.2, 0.25) is 0 Å². The molecule has 0 N–H and O–H groups in total. The van der Waals surface area contributed by atoms with E-state index in [2.05, 4.69) is 0 Å². The monoisotopic (exact) mass is 210 g/mol. The van der Waals surface area contributed by atoms with Gasteiger partial charge in [-0.25, -0.2) is 0 Å². The Kier molecular flexibility index (Phi) is 2.85. The van der Waals surface area contributed by atoms with Crippen LogP contribution in [-0.4, -0.2) is 12.4 Å². The fourth-order valence-electron chi connectivity index (χ4n) is 1.57. The minimum atomic E-state index is -0.0754. The predicted octanol–water partition coefficient (Wildman–Crippen LogP) is 2.76. The molecule has 0 bridgehead atoms. The van der Waals surface area contributed by atoms with E-state index in [1.54, 1.807) is 0 Å². The zero-order chi connectivity index (χ0) is 9.97. The van der Waals surface area contributed by atoms with Crippen molar-refractivity contribution in [1.29, 1.82) is 0 Å². The summed E-state index contributed by atoms with van der Waals surface area (Å²) in [4.78, 5) is 11.2. The molecule has 1 aliphatic heterocycles. The minimum absolute atomic E-state index is 0.0754. The molecule has 0 aliphatic carbocycles. The van der Waals surface area contributed by atoms with Crippen molar-refractivity contribution >= 4 is 17.4 Å². The largest absolute Gasteiger partial charge is 0.373 e. The SMILES string of the molecule is O=C1CCOC(c2ccc(Cl)cc2)C1. The number of rotatable bonds is 1. The summed E-state index contributed by atoms with van der Waals surface area (Å²) >= 11 is 5.77. The number of hydrogen-bond acceptors (Lipinski definition) is 2. The summed E-state index contributed by atoms with van der Waals surface area (Å²) in [5.74, 6) is 0.274. The summed E-state index contributed by atoms with van der Waals surface area (Å²) in [7, 11) is 0. The number of carbonyl (C=O) groups is 1. The number of halogens is 1. The maximum absolute atomic E-state index is 11.2. The number of ketones is 1. The van der Waals surface area contributed by atoms with E-state index in [0.29, 0.717) is 24.5 Å². The molecule has 0 saturated carbocycles. The lowest BCUT2D eigenvalue weighted by Crippen LogP contribution is -2.19. The molecule has 1 fully saturated rings. The van der Waals surface area contributed by atoms with Crippen molar-refractivity contribution in [1.82, 2.24) is 0 Å². The van der Waals surface area contributed by atoms with Crippen LogP contribution in [0.25, 0.3) is 0 Å². The molecule has 1 atom stereocenters. The molecule has 1 heterocycles. The van der Waals surface area contributed by atoms with Crippen LogP contribution in [-0.2, 0) is 9.53 Å². The van der Waals surface area contributed by atoms with Crippen LogP contribution in [0.15, 0.2) is 24.3 Å². The third-order valence-corrected chi connectivity index (χ3v) is 2.61. The van der Waals surface area contributed by atoms with Crippen LogP contribution in [0.5, 0.6) is 0 Å². The standard InChI is InChI=1S/C11H11ClO2/c12-9-3-1-8(2-4-9)11-7-10(13)5-6-14-11/h1-4,11H,5-7H2. The summed E-state index contributed by atoms with van der Waals surface area (Å²) in [6.45, 7) is 0.534. The third kappa shape index (κ3) is 2.14. The van der Waals surface area contributed by atoms with Crippen LogP contribution >= 0.6 is 11.6 Å². The first-order chi connectivity index (χ1) is 6.75. The average molecular weight is 211 g/mol. The lowest BCUT2D eigenvalue weighted by Gasteiger charge is -2.21.